The lowest BCUT2D eigenvalue weighted by molar-refractivity contribution is -0.268. The molecule has 0 radical (unpaired) electrons. The quantitative estimate of drug-likeness (QED) is 0.211. The Hall–Kier alpha value is -3.00. The van der Waals surface area contributed by atoms with E-state index < -0.39 is 51.1 Å². The first kappa shape index (κ1) is 33.5. The number of carbonyl (C=O) groups excluding carboxylic acids is 2. The van der Waals surface area contributed by atoms with Gasteiger partial charge in [-0.3, -0.25) is 0 Å². The average Bonchev–Trinajstić information content (AvgIpc) is 2.96. The molecular formula is C30H44N2O9Si. The second-order valence-electron chi connectivity index (χ2n) is 11.7. The fourth-order valence-corrected chi connectivity index (χ4v) is 4.89. The summed E-state index contributed by atoms with van der Waals surface area (Å²) in [5, 5.41) is 27.0. The number of carbonyl (C=O) groups is 2. The molecule has 11 nitrogen and oxygen atoms in total. The lowest BCUT2D eigenvalue weighted by Crippen LogP contribution is -2.65. The minimum Gasteiger partial charge on any atom is -0.445 e. The number of ether oxygens (including phenoxy) is 4. The van der Waals surface area contributed by atoms with Crippen molar-refractivity contribution >= 4 is 20.5 Å². The zero-order valence-electron chi connectivity index (χ0n) is 24.9. The number of rotatable bonds is 12. The molecule has 4 N–H and O–H groups in total. The van der Waals surface area contributed by atoms with Gasteiger partial charge in [0.1, 0.15) is 37.6 Å². The molecule has 232 valence electrons. The Bertz CT molecular complexity index is 1110. The highest BCUT2D eigenvalue weighted by atomic mass is 28.4. The van der Waals surface area contributed by atoms with Crippen molar-refractivity contribution in [2.45, 2.75) is 82.8 Å². The van der Waals surface area contributed by atoms with Crippen molar-refractivity contribution < 1.29 is 43.2 Å². The molecule has 1 aliphatic heterocycles. The molecule has 1 saturated heterocycles. The smallest absolute Gasteiger partial charge is 0.407 e. The molecule has 0 bridgehead atoms. The summed E-state index contributed by atoms with van der Waals surface area (Å²) in [5.74, 6) is 0. The van der Waals surface area contributed by atoms with E-state index in [1.54, 1.807) is 0 Å². The molecule has 1 aliphatic rings. The molecule has 2 amide bonds. The van der Waals surface area contributed by atoms with Crippen molar-refractivity contribution in [1.29, 1.82) is 0 Å². The third kappa shape index (κ3) is 10.1. The molecule has 1 fully saturated rings. The second-order valence-corrected chi connectivity index (χ2v) is 16.5. The van der Waals surface area contributed by atoms with E-state index in [0.717, 1.165) is 11.1 Å². The van der Waals surface area contributed by atoms with E-state index in [0.29, 0.717) is 0 Å². The van der Waals surface area contributed by atoms with Gasteiger partial charge in [-0.15, -0.1) is 0 Å². The van der Waals surface area contributed by atoms with Crippen LogP contribution in [0.3, 0.4) is 0 Å². The maximum atomic E-state index is 12.6. The SMILES string of the molecule is CC(C)(C)[Si](C)(C)OC[C@H]1O[C@@H](OCCNC(=O)OCc2ccccc2)[C@H](NC(=O)OCc2ccccc2)[C@@H](O)[C@@H]1O. The van der Waals surface area contributed by atoms with Gasteiger partial charge in [0, 0.05) is 6.54 Å². The van der Waals surface area contributed by atoms with Gasteiger partial charge in [-0.1, -0.05) is 81.4 Å². The van der Waals surface area contributed by atoms with Gasteiger partial charge in [0.25, 0.3) is 0 Å². The third-order valence-electron chi connectivity index (χ3n) is 7.48. The van der Waals surface area contributed by atoms with Gasteiger partial charge in [-0.05, 0) is 29.3 Å². The molecule has 0 aliphatic carbocycles. The predicted molar refractivity (Wildman–Crippen MR) is 158 cm³/mol. The van der Waals surface area contributed by atoms with Crippen LogP contribution in [0.15, 0.2) is 60.7 Å². The summed E-state index contributed by atoms with van der Waals surface area (Å²) < 4.78 is 28.6. The molecular weight excluding hydrogens is 560 g/mol. The molecule has 2 aromatic carbocycles. The molecule has 0 aromatic heterocycles. The first-order valence-electron chi connectivity index (χ1n) is 14.1. The van der Waals surface area contributed by atoms with Gasteiger partial charge in [0.15, 0.2) is 14.6 Å². The minimum atomic E-state index is -2.19. The standard InChI is InChI=1S/C30H44N2O9Si/c1-30(2,3)42(4,5)40-20-23-25(33)26(34)24(32-29(36)39-19-22-14-10-7-11-15-22)27(41-23)37-17-16-31-28(35)38-18-21-12-8-6-9-13-21/h6-15,23-27,33-34H,16-20H2,1-5H3,(H,31,35)(H,32,36)/t23-,24-,25-,26-,27-/m1/s1. The Morgan fingerprint density at radius 2 is 1.43 bits per heavy atom. The number of hydrogen-bond donors (Lipinski definition) is 4. The van der Waals surface area contributed by atoms with E-state index in [9.17, 15) is 19.8 Å². The summed E-state index contributed by atoms with van der Waals surface area (Å²) in [4.78, 5) is 24.7. The highest BCUT2D eigenvalue weighted by Crippen LogP contribution is 2.37. The fourth-order valence-electron chi connectivity index (χ4n) is 3.88. The first-order chi connectivity index (χ1) is 19.9. The molecule has 1 heterocycles. The first-order valence-corrected chi connectivity index (χ1v) is 17.0. The van der Waals surface area contributed by atoms with Crippen LogP contribution in [0.1, 0.15) is 31.9 Å². The summed E-state index contributed by atoms with van der Waals surface area (Å²) in [7, 11) is -2.19. The number of hydrogen-bond acceptors (Lipinski definition) is 9. The lowest BCUT2D eigenvalue weighted by atomic mass is 9.97. The maximum absolute atomic E-state index is 12.6. The molecule has 0 unspecified atom stereocenters. The average molecular weight is 605 g/mol. The Morgan fingerprint density at radius 3 is 1.98 bits per heavy atom. The topological polar surface area (TPSA) is 145 Å². The molecule has 0 spiro atoms. The fraction of sp³-hybridized carbons (Fsp3) is 0.533. The van der Waals surface area contributed by atoms with Crippen molar-refractivity contribution in [3.05, 3.63) is 71.8 Å². The van der Waals surface area contributed by atoms with Crippen molar-refractivity contribution in [2.24, 2.45) is 0 Å². The van der Waals surface area contributed by atoms with E-state index in [2.05, 4.69) is 44.5 Å². The Kier molecular flexibility index (Phi) is 12.3. The Morgan fingerprint density at radius 1 is 0.881 bits per heavy atom. The predicted octanol–water partition coefficient (Wildman–Crippen LogP) is 3.69. The summed E-state index contributed by atoms with van der Waals surface area (Å²) in [6.07, 6.45) is -6.32. The van der Waals surface area contributed by atoms with E-state index in [1.807, 2.05) is 60.7 Å². The van der Waals surface area contributed by atoms with Gasteiger partial charge in [0.05, 0.1) is 13.2 Å². The van der Waals surface area contributed by atoms with Gasteiger partial charge >= 0.3 is 12.2 Å². The van der Waals surface area contributed by atoms with Crippen LogP contribution >= 0.6 is 0 Å². The van der Waals surface area contributed by atoms with Gasteiger partial charge in [-0.25, -0.2) is 9.59 Å². The molecule has 2 aromatic rings. The van der Waals surface area contributed by atoms with E-state index in [-0.39, 0.29) is 38.0 Å². The Labute approximate surface area is 248 Å². The van der Waals surface area contributed by atoms with Gasteiger partial charge < -0.3 is 44.2 Å². The van der Waals surface area contributed by atoms with Crippen LogP contribution in [0.25, 0.3) is 0 Å². The van der Waals surface area contributed by atoms with Crippen molar-refractivity contribution in [2.75, 3.05) is 19.8 Å². The number of aliphatic hydroxyl groups excluding tert-OH is 2. The number of nitrogens with one attached hydrogen (secondary N) is 2. The van der Waals surface area contributed by atoms with Crippen molar-refractivity contribution in [3.8, 4) is 0 Å². The number of aliphatic hydroxyl groups is 2. The van der Waals surface area contributed by atoms with Crippen LogP contribution in [0.4, 0.5) is 9.59 Å². The van der Waals surface area contributed by atoms with Crippen molar-refractivity contribution in [1.82, 2.24) is 10.6 Å². The molecule has 3 rings (SSSR count). The van der Waals surface area contributed by atoms with E-state index in [1.165, 1.54) is 0 Å². The van der Waals surface area contributed by atoms with E-state index >= 15 is 0 Å². The highest BCUT2D eigenvalue weighted by molar-refractivity contribution is 6.74. The van der Waals surface area contributed by atoms with Crippen LogP contribution < -0.4 is 10.6 Å². The number of alkyl carbamates (subject to hydrolysis) is 2. The van der Waals surface area contributed by atoms with Crippen LogP contribution in [0, 0.1) is 0 Å². The number of amides is 2. The number of benzene rings is 2. The zero-order chi connectivity index (χ0) is 30.8. The van der Waals surface area contributed by atoms with Crippen LogP contribution in [0.5, 0.6) is 0 Å². The maximum Gasteiger partial charge on any atom is 0.407 e. The van der Waals surface area contributed by atoms with Crippen LogP contribution in [-0.4, -0.2) is 81.1 Å². The zero-order valence-corrected chi connectivity index (χ0v) is 25.9. The summed E-state index contributed by atoms with van der Waals surface area (Å²) in [5.41, 5.74) is 1.64. The third-order valence-corrected chi connectivity index (χ3v) is 12.0. The largest absolute Gasteiger partial charge is 0.445 e. The summed E-state index contributed by atoms with van der Waals surface area (Å²) in [6.45, 7) is 10.6. The minimum absolute atomic E-state index is 0.0163. The van der Waals surface area contributed by atoms with Gasteiger partial charge in [-0.2, -0.15) is 0 Å². The van der Waals surface area contributed by atoms with Gasteiger partial charge in [0.2, 0.25) is 0 Å². The van der Waals surface area contributed by atoms with Crippen LogP contribution in [0.2, 0.25) is 18.1 Å². The van der Waals surface area contributed by atoms with Crippen LogP contribution in [-0.2, 0) is 36.6 Å². The molecule has 0 saturated carbocycles. The Balaban J connectivity index is 1.58. The second kappa shape index (κ2) is 15.5. The molecule has 12 heteroatoms. The van der Waals surface area contributed by atoms with Crippen molar-refractivity contribution in [3.63, 3.8) is 0 Å². The molecule has 5 atom stereocenters. The summed E-state index contributed by atoms with van der Waals surface area (Å²) >= 11 is 0. The monoisotopic (exact) mass is 604 g/mol. The van der Waals surface area contributed by atoms with E-state index in [4.69, 9.17) is 23.4 Å². The normalized spacial score (nSPS) is 22.7. The summed E-state index contributed by atoms with van der Waals surface area (Å²) in [6, 6.07) is 17.3. The lowest BCUT2D eigenvalue weighted by Gasteiger charge is -2.44. The molecule has 42 heavy (non-hydrogen) atoms. The highest BCUT2D eigenvalue weighted by Gasteiger charge is 2.47.